The summed E-state index contributed by atoms with van der Waals surface area (Å²) in [4.78, 5) is 13.1. The summed E-state index contributed by atoms with van der Waals surface area (Å²) >= 11 is 6.05. The van der Waals surface area contributed by atoms with E-state index in [1.54, 1.807) is 12.2 Å². The Morgan fingerprint density at radius 1 is 1.44 bits per heavy atom. The molecule has 0 saturated carbocycles. The number of thiocarbonyl (C=S) groups is 1. The van der Waals surface area contributed by atoms with Crippen LogP contribution in [0.1, 0.15) is 13.3 Å². The second-order valence-electron chi connectivity index (χ2n) is 2.95. The van der Waals surface area contributed by atoms with Gasteiger partial charge in [0.2, 0.25) is 0 Å². The molecule has 0 aliphatic carbocycles. The van der Waals surface area contributed by atoms with Crippen molar-refractivity contribution in [1.82, 2.24) is 4.90 Å². The second kappa shape index (κ2) is 9.42. The summed E-state index contributed by atoms with van der Waals surface area (Å²) in [5, 5.41) is -0.357. The van der Waals surface area contributed by atoms with Gasteiger partial charge in [0.1, 0.15) is 4.32 Å². The topological polar surface area (TPSA) is 29.5 Å². The van der Waals surface area contributed by atoms with Gasteiger partial charge in [0.15, 0.2) is 0 Å². The van der Waals surface area contributed by atoms with Crippen LogP contribution in [0.2, 0.25) is 0 Å². The summed E-state index contributed by atoms with van der Waals surface area (Å²) in [6.07, 6.45) is 4.27. The average molecular weight is 259 g/mol. The lowest BCUT2D eigenvalue weighted by Crippen LogP contribution is -2.28. The van der Waals surface area contributed by atoms with E-state index in [9.17, 15) is 4.79 Å². The smallest absolute Gasteiger partial charge is 0.374 e. The SMILES string of the molecule is C=CCN(CC=C)C(=S)SC(=O)OCCC. The van der Waals surface area contributed by atoms with Gasteiger partial charge in [0.05, 0.1) is 6.61 Å². The van der Waals surface area contributed by atoms with Gasteiger partial charge in [-0.05, 0) is 6.42 Å². The number of nitrogens with zero attached hydrogens (tertiary/aromatic N) is 1. The van der Waals surface area contributed by atoms with Crippen molar-refractivity contribution in [1.29, 1.82) is 0 Å². The zero-order valence-corrected chi connectivity index (χ0v) is 11.1. The van der Waals surface area contributed by atoms with E-state index < -0.39 is 0 Å². The Balaban J connectivity index is 4.12. The molecule has 0 unspecified atom stereocenters. The molecule has 5 heteroatoms. The first-order valence-electron chi connectivity index (χ1n) is 5.01. The molecule has 0 aromatic heterocycles. The number of carbonyl (C=O) groups excluding carboxylic acids is 1. The van der Waals surface area contributed by atoms with Gasteiger partial charge in [-0.1, -0.05) is 31.3 Å². The normalized spacial score (nSPS) is 9.31. The molecule has 0 N–H and O–H groups in total. The maximum absolute atomic E-state index is 11.3. The first-order valence-corrected chi connectivity index (χ1v) is 6.23. The molecule has 0 fully saturated rings. The lowest BCUT2D eigenvalue weighted by atomic mass is 10.5. The Morgan fingerprint density at radius 2 is 2.00 bits per heavy atom. The number of hydrogen-bond acceptors (Lipinski definition) is 4. The van der Waals surface area contributed by atoms with E-state index >= 15 is 0 Å². The van der Waals surface area contributed by atoms with Crippen molar-refractivity contribution in [2.75, 3.05) is 19.7 Å². The van der Waals surface area contributed by atoms with Crippen LogP contribution >= 0.6 is 24.0 Å². The molecule has 90 valence electrons. The highest BCUT2D eigenvalue weighted by molar-refractivity contribution is 8.32. The number of ether oxygens (including phenoxy) is 1. The fraction of sp³-hybridized carbons (Fsp3) is 0.455. The fourth-order valence-electron chi connectivity index (χ4n) is 0.886. The number of thioether (sulfide) groups is 1. The first-order chi connectivity index (χ1) is 7.65. The molecule has 0 heterocycles. The first kappa shape index (κ1) is 15.2. The van der Waals surface area contributed by atoms with Crippen LogP contribution in [-0.2, 0) is 4.74 Å². The van der Waals surface area contributed by atoms with Crippen molar-refractivity contribution in [3.63, 3.8) is 0 Å². The van der Waals surface area contributed by atoms with E-state index in [4.69, 9.17) is 17.0 Å². The van der Waals surface area contributed by atoms with Crippen molar-refractivity contribution in [3.05, 3.63) is 25.3 Å². The van der Waals surface area contributed by atoms with Gasteiger partial charge in [0.25, 0.3) is 0 Å². The Bertz CT molecular complexity index is 257. The van der Waals surface area contributed by atoms with Crippen LogP contribution in [0.15, 0.2) is 25.3 Å². The minimum Gasteiger partial charge on any atom is -0.457 e. The van der Waals surface area contributed by atoms with Crippen LogP contribution in [0.5, 0.6) is 0 Å². The maximum Gasteiger partial charge on any atom is 0.374 e. The van der Waals surface area contributed by atoms with Crippen molar-refractivity contribution in [2.45, 2.75) is 13.3 Å². The van der Waals surface area contributed by atoms with Crippen molar-refractivity contribution >= 4 is 33.6 Å². The summed E-state index contributed by atoms with van der Waals surface area (Å²) in [6, 6.07) is 0. The zero-order valence-electron chi connectivity index (χ0n) is 9.48. The third-order valence-electron chi connectivity index (χ3n) is 1.55. The Kier molecular flexibility index (Phi) is 8.94. The van der Waals surface area contributed by atoms with Crippen LogP contribution in [0, 0.1) is 0 Å². The van der Waals surface area contributed by atoms with E-state index in [1.165, 1.54) is 0 Å². The summed E-state index contributed by atoms with van der Waals surface area (Å²) in [7, 11) is 0. The van der Waals surface area contributed by atoms with Crippen LogP contribution in [0.4, 0.5) is 4.79 Å². The highest BCUT2D eigenvalue weighted by atomic mass is 32.2. The standard InChI is InChI=1S/C11H17NO2S2/c1-4-7-12(8-5-2)10(15)16-11(13)14-9-6-3/h4-5H,1-2,6-9H2,3H3. The van der Waals surface area contributed by atoms with E-state index in [0.29, 0.717) is 24.0 Å². The summed E-state index contributed by atoms with van der Waals surface area (Å²) < 4.78 is 5.41. The number of rotatable bonds is 6. The number of hydrogen-bond donors (Lipinski definition) is 0. The molecule has 0 aromatic carbocycles. The monoisotopic (exact) mass is 259 g/mol. The molecule has 0 aromatic rings. The highest BCUT2D eigenvalue weighted by Crippen LogP contribution is 2.13. The summed E-state index contributed by atoms with van der Waals surface area (Å²) in [5.41, 5.74) is 0. The molecule has 0 atom stereocenters. The molecule has 0 bridgehead atoms. The van der Waals surface area contributed by atoms with E-state index in [1.807, 2.05) is 11.8 Å². The Labute approximate surface area is 107 Å². The molecule has 0 saturated heterocycles. The van der Waals surface area contributed by atoms with Gasteiger partial charge in [-0.3, -0.25) is 0 Å². The van der Waals surface area contributed by atoms with Crippen LogP contribution in [0.3, 0.4) is 0 Å². The quantitative estimate of drug-likeness (QED) is 0.415. The van der Waals surface area contributed by atoms with Gasteiger partial charge in [-0.15, -0.1) is 13.2 Å². The lowest BCUT2D eigenvalue weighted by molar-refractivity contribution is 0.175. The van der Waals surface area contributed by atoms with Crippen LogP contribution in [0.25, 0.3) is 0 Å². The van der Waals surface area contributed by atoms with E-state index in [-0.39, 0.29) is 5.30 Å². The average Bonchev–Trinajstić information content (AvgIpc) is 2.26. The molecule has 0 aliphatic heterocycles. The summed E-state index contributed by atoms with van der Waals surface area (Å²) in [5.74, 6) is 0. The van der Waals surface area contributed by atoms with Gasteiger partial charge in [-0.2, -0.15) is 0 Å². The molecular formula is C11H17NO2S2. The fourth-order valence-corrected chi connectivity index (χ4v) is 1.80. The van der Waals surface area contributed by atoms with E-state index in [0.717, 1.165) is 18.2 Å². The van der Waals surface area contributed by atoms with Crippen LogP contribution in [-0.4, -0.2) is 34.2 Å². The predicted molar refractivity (Wildman–Crippen MR) is 73.8 cm³/mol. The Hall–Kier alpha value is -0.810. The van der Waals surface area contributed by atoms with Gasteiger partial charge >= 0.3 is 5.30 Å². The predicted octanol–water partition coefficient (Wildman–Crippen LogP) is 3.23. The second-order valence-corrected chi connectivity index (χ2v) is 4.52. The molecule has 3 nitrogen and oxygen atoms in total. The largest absolute Gasteiger partial charge is 0.457 e. The molecule has 0 amide bonds. The third-order valence-corrected chi connectivity index (χ3v) is 2.78. The molecule has 0 radical (unpaired) electrons. The van der Waals surface area contributed by atoms with Crippen molar-refractivity contribution in [2.24, 2.45) is 0 Å². The van der Waals surface area contributed by atoms with Gasteiger partial charge in [0, 0.05) is 24.9 Å². The van der Waals surface area contributed by atoms with E-state index in [2.05, 4.69) is 13.2 Å². The minimum atomic E-state index is -0.357. The molecular weight excluding hydrogens is 242 g/mol. The highest BCUT2D eigenvalue weighted by Gasteiger charge is 2.13. The van der Waals surface area contributed by atoms with Gasteiger partial charge < -0.3 is 9.64 Å². The maximum atomic E-state index is 11.3. The minimum absolute atomic E-state index is 0.357. The zero-order chi connectivity index (χ0) is 12.4. The Morgan fingerprint density at radius 3 is 2.44 bits per heavy atom. The molecule has 0 aliphatic rings. The molecule has 0 rings (SSSR count). The summed E-state index contributed by atoms with van der Waals surface area (Å²) in [6.45, 7) is 10.8. The van der Waals surface area contributed by atoms with Crippen molar-refractivity contribution < 1.29 is 9.53 Å². The number of carbonyl (C=O) groups is 1. The molecule has 16 heavy (non-hydrogen) atoms. The van der Waals surface area contributed by atoms with Crippen molar-refractivity contribution in [3.8, 4) is 0 Å². The van der Waals surface area contributed by atoms with Gasteiger partial charge in [-0.25, -0.2) is 4.79 Å². The van der Waals surface area contributed by atoms with Crippen LogP contribution < -0.4 is 0 Å². The third kappa shape index (κ3) is 6.63. The lowest BCUT2D eigenvalue weighted by Gasteiger charge is -2.20. The molecule has 0 spiro atoms.